The molecule has 1 aromatic rings. The van der Waals surface area contributed by atoms with Crippen LogP contribution in [0.1, 0.15) is 35.2 Å². The van der Waals surface area contributed by atoms with Crippen LogP contribution in [0.15, 0.2) is 30.3 Å². The molecule has 1 saturated heterocycles. The minimum absolute atomic E-state index is 0.00233. The van der Waals surface area contributed by atoms with Crippen molar-refractivity contribution >= 4 is 18.0 Å². The van der Waals surface area contributed by atoms with E-state index in [-0.39, 0.29) is 23.6 Å². The number of nitrogens with zero attached hydrogens (tertiary/aromatic N) is 1. The maximum Gasteiger partial charge on any atom is 0.335 e. The fourth-order valence-electron chi connectivity index (χ4n) is 3.20. The number of carboxylic acids is 1. The van der Waals surface area contributed by atoms with Crippen LogP contribution in [0.4, 0.5) is 0 Å². The highest BCUT2D eigenvalue weighted by molar-refractivity contribution is 5.92. The number of benzene rings is 1. The van der Waals surface area contributed by atoms with Crippen LogP contribution < -0.4 is 0 Å². The zero-order valence-electron chi connectivity index (χ0n) is 12.3. The third-order valence-corrected chi connectivity index (χ3v) is 4.34. The lowest BCUT2D eigenvalue weighted by atomic mass is 10.1. The highest BCUT2D eigenvalue weighted by atomic mass is 16.5. The molecule has 5 nitrogen and oxygen atoms in total. The number of amides is 1. The number of fused-ring (bicyclic) bond motifs is 1. The maximum absolute atomic E-state index is 12.4. The van der Waals surface area contributed by atoms with Crippen LogP contribution in [0.5, 0.6) is 0 Å². The number of hydrogen-bond donors (Lipinski definition) is 1. The second-order valence-electron chi connectivity index (χ2n) is 5.70. The number of carboxylic acid groups (broad SMARTS) is 1. The Kier molecular flexibility index (Phi) is 4.24. The molecule has 0 spiro atoms. The lowest BCUT2D eigenvalue weighted by Gasteiger charge is -2.37. The first-order valence-corrected chi connectivity index (χ1v) is 7.59. The van der Waals surface area contributed by atoms with Gasteiger partial charge in [0.2, 0.25) is 5.91 Å². The molecular formula is C17H19NO4. The lowest BCUT2D eigenvalue weighted by molar-refractivity contribution is -0.138. The molecule has 2 aliphatic rings. The molecule has 1 N–H and O–H groups in total. The molecule has 1 aliphatic carbocycles. The summed E-state index contributed by atoms with van der Waals surface area (Å²) in [7, 11) is 0. The topological polar surface area (TPSA) is 66.8 Å². The largest absolute Gasteiger partial charge is 0.478 e. The van der Waals surface area contributed by atoms with Gasteiger partial charge >= 0.3 is 5.97 Å². The molecule has 1 aromatic carbocycles. The smallest absolute Gasteiger partial charge is 0.335 e. The van der Waals surface area contributed by atoms with E-state index in [9.17, 15) is 9.59 Å². The van der Waals surface area contributed by atoms with Gasteiger partial charge < -0.3 is 14.7 Å². The summed E-state index contributed by atoms with van der Waals surface area (Å²) in [5, 5.41) is 8.86. The first-order chi connectivity index (χ1) is 10.6. The van der Waals surface area contributed by atoms with Crippen LogP contribution in [-0.2, 0) is 9.53 Å². The molecule has 5 heteroatoms. The lowest BCUT2D eigenvalue weighted by Crippen LogP contribution is -2.50. The van der Waals surface area contributed by atoms with Gasteiger partial charge in [-0.2, -0.15) is 0 Å². The molecule has 0 radical (unpaired) electrons. The molecule has 3 rings (SSSR count). The molecule has 0 aromatic heterocycles. The summed E-state index contributed by atoms with van der Waals surface area (Å²) in [6.45, 7) is 1.25. The van der Waals surface area contributed by atoms with Gasteiger partial charge in [-0.15, -0.1) is 0 Å². The van der Waals surface area contributed by atoms with Crippen molar-refractivity contribution in [3.63, 3.8) is 0 Å². The van der Waals surface area contributed by atoms with Crippen LogP contribution in [0, 0.1) is 0 Å². The number of morpholine rings is 1. The van der Waals surface area contributed by atoms with Crippen molar-refractivity contribution in [1.82, 2.24) is 4.90 Å². The molecule has 2 atom stereocenters. The average molecular weight is 301 g/mol. The molecule has 1 heterocycles. The maximum atomic E-state index is 12.4. The summed E-state index contributed by atoms with van der Waals surface area (Å²) in [6.07, 6.45) is 6.65. The molecule has 1 amide bonds. The van der Waals surface area contributed by atoms with Gasteiger partial charge in [0.05, 0.1) is 24.3 Å². The van der Waals surface area contributed by atoms with Gasteiger partial charge in [-0.05, 0) is 43.0 Å². The van der Waals surface area contributed by atoms with Crippen LogP contribution in [-0.4, -0.2) is 47.2 Å². The second kappa shape index (κ2) is 6.32. The van der Waals surface area contributed by atoms with Crippen LogP contribution in [0.25, 0.3) is 6.08 Å². The number of ether oxygens (including phenoxy) is 1. The Morgan fingerprint density at radius 3 is 2.73 bits per heavy atom. The van der Waals surface area contributed by atoms with Gasteiger partial charge in [0.1, 0.15) is 0 Å². The number of hydrogen-bond acceptors (Lipinski definition) is 3. The van der Waals surface area contributed by atoms with Gasteiger partial charge in [0.15, 0.2) is 0 Å². The summed E-state index contributed by atoms with van der Waals surface area (Å²) >= 11 is 0. The van der Waals surface area contributed by atoms with E-state index in [0.29, 0.717) is 13.2 Å². The average Bonchev–Trinajstić information content (AvgIpc) is 3.01. The summed E-state index contributed by atoms with van der Waals surface area (Å²) in [5.41, 5.74) is 1.06. The Balaban J connectivity index is 1.66. The van der Waals surface area contributed by atoms with Crippen molar-refractivity contribution in [1.29, 1.82) is 0 Å². The first kappa shape index (κ1) is 14.8. The van der Waals surface area contributed by atoms with E-state index < -0.39 is 5.97 Å². The quantitative estimate of drug-likeness (QED) is 0.869. The van der Waals surface area contributed by atoms with Gasteiger partial charge in [0.25, 0.3) is 0 Å². The predicted octanol–water partition coefficient (Wildman–Crippen LogP) is 2.18. The van der Waals surface area contributed by atoms with E-state index in [1.54, 1.807) is 24.3 Å². The Morgan fingerprint density at radius 2 is 2.00 bits per heavy atom. The Morgan fingerprint density at radius 1 is 1.23 bits per heavy atom. The third-order valence-electron chi connectivity index (χ3n) is 4.34. The van der Waals surface area contributed by atoms with E-state index in [0.717, 1.165) is 24.8 Å². The summed E-state index contributed by atoms with van der Waals surface area (Å²) in [6, 6.07) is 6.68. The third kappa shape index (κ3) is 3.04. The van der Waals surface area contributed by atoms with Gasteiger partial charge in [-0.1, -0.05) is 12.1 Å². The minimum Gasteiger partial charge on any atom is -0.478 e. The summed E-state index contributed by atoms with van der Waals surface area (Å²) in [5.74, 6) is -0.949. The Hall–Kier alpha value is -2.14. The first-order valence-electron chi connectivity index (χ1n) is 7.59. The van der Waals surface area contributed by atoms with E-state index in [1.807, 2.05) is 4.90 Å². The number of carbonyl (C=O) groups is 2. The zero-order valence-corrected chi connectivity index (χ0v) is 12.3. The van der Waals surface area contributed by atoms with Gasteiger partial charge in [0, 0.05) is 12.6 Å². The van der Waals surface area contributed by atoms with Crippen molar-refractivity contribution in [2.75, 3.05) is 13.2 Å². The fourth-order valence-corrected chi connectivity index (χ4v) is 3.20. The molecule has 2 unspecified atom stereocenters. The highest BCUT2D eigenvalue weighted by Gasteiger charge is 2.37. The molecule has 1 aliphatic heterocycles. The van der Waals surface area contributed by atoms with Gasteiger partial charge in [-0.25, -0.2) is 4.79 Å². The van der Waals surface area contributed by atoms with Crippen LogP contribution in [0.3, 0.4) is 0 Å². The van der Waals surface area contributed by atoms with E-state index >= 15 is 0 Å². The molecule has 2 fully saturated rings. The SMILES string of the molecule is O=C(O)c1ccc(/C=C/C(=O)N2CCOC3CCCC32)cc1. The van der Waals surface area contributed by atoms with Crippen molar-refractivity contribution in [2.45, 2.75) is 31.4 Å². The summed E-state index contributed by atoms with van der Waals surface area (Å²) < 4.78 is 5.71. The van der Waals surface area contributed by atoms with Crippen molar-refractivity contribution in [2.24, 2.45) is 0 Å². The molecule has 22 heavy (non-hydrogen) atoms. The summed E-state index contributed by atoms with van der Waals surface area (Å²) in [4.78, 5) is 25.1. The van der Waals surface area contributed by atoms with Crippen LogP contribution >= 0.6 is 0 Å². The van der Waals surface area contributed by atoms with E-state index in [2.05, 4.69) is 0 Å². The van der Waals surface area contributed by atoms with Crippen LogP contribution in [0.2, 0.25) is 0 Å². The van der Waals surface area contributed by atoms with Gasteiger partial charge in [-0.3, -0.25) is 4.79 Å². The standard InChI is InChI=1S/C17H19NO4/c19-16(18-10-11-22-15-3-1-2-14(15)18)9-6-12-4-7-13(8-5-12)17(20)21/h4-9,14-15H,1-3,10-11H2,(H,20,21)/b9-6+. The monoisotopic (exact) mass is 301 g/mol. The predicted molar refractivity (Wildman–Crippen MR) is 81.5 cm³/mol. The number of carbonyl (C=O) groups excluding carboxylic acids is 1. The van der Waals surface area contributed by atoms with E-state index in [1.165, 1.54) is 12.1 Å². The fraction of sp³-hybridized carbons (Fsp3) is 0.412. The molecule has 1 saturated carbocycles. The zero-order chi connectivity index (χ0) is 15.5. The highest BCUT2D eigenvalue weighted by Crippen LogP contribution is 2.29. The van der Waals surface area contributed by atoms with Crippen molar-refractivity contribution < 1.29 is 19.4 Å². The molecule has 116 valence electrons. The van der Waals surface area contributed by atoms with Crippen molar-refractivity contribution in [3.8, 4) is 0 Å². The number of aromatic carboxylic acids is 1. The molecule has 0 bridgehead atoms. The Labute approximate surface area is 129 Å². The van der Waals surface area contributed by atoms with E-state index in [4.69, 9.17) is 9.84 Å². The Bertz CT molecular complexity index is 593. The number of rotatable bonds is 3. The minimum atomic E-state index is -0.952. The van der Waals surface area contributed by atoms with Crippen molar-refractivity contribution in [3.05, 3.63) is 41.5 Å². The normalized spacial score (nSPS) is 24.5. The second-order valence-corrected chi connectivity index (χ2v) is 5.70. The molecular weight excluding hydrogens is 282 g/mol.